The highest BCUT2D eigenvalue weighted by Crippen LogP contribution is 2.22. The largest absolute Gasteiger partial charge is 0.384 e. The fraction of sp³-hybridized carbons (Fsp3) is 0.200. The Hall–Kier alpha value is -2.64. The second kappa shape index (κ2) is 3.69. The van der Waals surface area contributed by atoms with Crippen LogP contribution in [-0.2, 0) is 4.79 Å². The highest BCUT2D eigenvalue weighted by atomic mass is 16.2. The van der Waals surface area contributed by atoms with E-state index < -0.39 is 6.03 Å². The highest BCUT2D eigenvalue weighted by molar-refractivity contribution is 6.07. The predicted molar refractivity (Wildman–Crippen MR) is 62.9 cm³/mol. The molecule has 18 heavy (non-hydrogen) atoms. The number of fused-ring (bicyclic) bond motifs is 1. The van der Waals surface area contributed by atoms with Crippen molar-refractivity contribution in [2.45, 2.75) is 6.42 Å². The first kappa shape index (κ1) is 10.5. The maximum absolute atomic E-state index is 11.7. The van der Waals surface area contributed by atoms with Crippen molar-refractivity contribution < 1.29 is 9.59 Å². The van der Waals surface area contributed by atoms with E-state index in [1.54, 1.807) is 12.3 Å². The van der Waals surface area contributed by atoms with Crippen molar-refractivity contribution in [2.75, 3.05) is 17.2 Å². The van der Waals surface area contributed by atoms with Gasteiger partial charge in [-0.3, -0.25) is 15.0 Å². The first-order chi connectivity index (χ1) is 8.65. The Morgan fingerprint density at radius 2 is 2.22 bits per heavy atom. The Kier molecular flexibility index (Phi) is 2.15. The lowest BCUT2D eigenvalue weighted by atomic mass is 10.3. The van der Waals surface area contributed by atoms with Gasteiger partial charge in [0.15, 0.2) is 5.65 Å². The molecule has 0 atom stereocenters. The van der Waals surface area contributed by atoms with Gasteiger partial charge in [0.05, 0.1) is 6.20 Å². The van der Waals surface area contributed by atoms with Crippen molar-refractivity contribution in [1.29, 1.82) is 0 Å². The molecule has 0 aromatic carbocycles. The molecule has 8 heteroatoms. The smallest absolute Gasteiger partial charge is 0.328 e. The number of hydrogen-bond acceptors (Lipinski definition) is 5. The van der Waals surface area contributed by atoms with Crippen LogP contribution >= 0.6 is 0 Å². The minimum Gasteiger partial charge on any atom is -0.384 e. The SMILES string of the molecule is Nc1ccn2ncc(N3CCC(=O)NC3=O)c2n1. The monoisotopic (exact) mass is 246 g/mol. The Balaban J connectivity index is 2.06. The summed E-state index contributed by atoms with van der Waals surface area (Å²) in [6, 6.07) is 1.15. The first-order valence-corrected chi connectivity index (χ1v) is 5.36. The lowest BCUT2D eigenvalue weighted by Crippen LogP contribution is -2.49. The minimum absolute atomic E-state index is 0.255. The molecule has 0 unspecified atom stereocenters. The van der Waals surface area contributed by atoms with Crippen LogP contribution in [0.3, 0.4) is 0 Å². The minimum atomic E-state index is -0.467. The van der Waals surface area contributed by atoms with Gasteiger partial charge >= 0.3 is 6.03 Å². The van der Waals surface area contributed by atoms with Crippen LogP contribution in [-0.4, -0.2) is 33.1 Å². The van der Waals surface area contributed by atoms with Crippen LogP contribution in [0.25, 0.3) is 5.65 Å². The molecule has 0 spiro atoms. The van der Waals surface area contributed by atoms with Crippen LogP contribution in [0.5, 0.6) is 0 Å². The number of urea groups is 1. The Labute approximate surface area is 101 Å². The fourth-order valence-electron chi connectivity index (χ4n) is 1.86. The van der Waals surface area contributed by atoms with E-state index in [0.29, 0.717) is 23.7 Å². The zero-order chi connectivity index (χ0) is 12.7. The van der Waals surface area contributed by atoms with Crippen LogP contribution in [0, 0.1) is 0 Å². The molecule has 8 nitrogen and oxygen atoms in total. The molecule has 0 aliphatic carbocycles. The van der Waals surface area contributed by atoms with E-state index in [1.165, 1.54) is 15.6 Å². The van der Waals surface area contributed by atoms with Crippen molar-refractivity contribution in [2.24, 2.45) is 0 Å². The number of anilines is 2. The third kappa shape index (κ3) is 1.54. The Morgan fingerprint density at radius 3 is 3.00 bits per heavy atom. The molecule has 2 aromatic heterocycles. The summed E-state index contributed by atoms with van der Waals surface area (Å²) in [6.45, 7) is 0.308. The number of rotatable bonds is 1. The van der Waals surface area contributed by atoms with Crippen LogP contribution in [0.2, 0.25) is 0 Å². The molecule has 2 aromatic rings. The van der Waals surface area contributed by atoms with Gasteiger partial charge in [-0.25, -0.2) is 14.3 Å². The molecule has 3 amide bonds. The normalized spacial score (nSPS) is 16.1. The Bertz CT molecular complexity index is 649. The number of amides is 3. The van der Waals surface area contributed by atoms with Crippen LogP contribution < -0.4 is 16.0 Å². The number of nitrogens with one attached hydrogen (secondary N) is 1. The third-order valence-corrected chi connectivity index (χ3v) is 2.72. The summed E-state index contributed by atoms with van der Waals surface area (Å²) < 4.78 is 1.52. The summed E-state index contributed by atoms with van der Waals surface area (Å²) in [4.78, 5) is 28.4. The van der Waals surface area contributed by atoms with Gasteiger partial charge in [-0.05, 0) is 6.07 Å². The van der Waals surface area contributed by atoms with Gasteiger partial charge in [0, 0.05) is 19.2 Å². The molecule has 1 aliphatic heterocycles. The molecule has 3 rings (SSSR count). The molecule has 92 valence electrons. The topological polar surface area (TPSA) is 106 Å². The molecular formula is C10H10N6O2. The molecule has 3 heterocycles. The van der Waals surface area contributed by atoms with Gasteiger partial charge in [-0.15, -0.1) is 0 Å². The quantitative estimate of drug-likeness (QED) is 0.722. The molecular weight excluding hydrogens is 236 g/mol. The summed E-state index contributed by atoms with van der Waals surface area (Å²) in [5, 5.41) is 6.33. The van der Waals surface area contributed by atoms with Crippen molar-refractivity contribution >= 4 is 29.1 Å². The zero-order valence-electron chi connectivity index (χ0n) is 9.33. The number of aromatic nitrogens is 3. The number of nitrogen functional groups attached to an aromatic ring is 1. The van der Waals surface area contributed by atoms with E-state index in [2.05, 4.69) is 15.4 Å². The van der Waals surface area contributed by atoms with E-state index in [0.717, 1.165) is 0 Å². The average molecular weight is 246 g/mol. The van der Waals surface area contributed by atoms with E-state index in [4.69, 9.17) is 5.73 Å². The molecule has 0 saturated carbocycles. The number of carbonyl (C=O) groups excluding carboxylic acids is 2. The summed E-state index contributed by atoms with van der Waals surface area (Å²) in [7, 11) is 0. The van der Waals surface area contributed by atoms with Gasteiger partial charge in [-0.2, -0.15) is 5.10 Å². The van der Waals surface area contributed by atoms with Crippen molar-refractivity contribution in [3.05, 3.63) is 18.5 Å². The second-order valence-electron chi connectivity index (χ2n) is 3.91. The molecule has 3 N–H and O–H groups in total. The lowest BCUT2D eigenvalue weighted by Gasteiger charge is -2.25. The fourth-order valence-corrected chi connectivity index (χ4v) is 1.86. The van der Waals surface area contributed by atoms with Crippen LogP contribution in [0.15, 0.2) is 18.5 Å². The number of hydrogen-bond donors (Lipinski definition) is 2. The molecule has 0 bridgehead atoms. The van der Waals surface area contributed by atoms with Gasteiger partial charge in [0.25, 0.3) is 0 Å². The predicted octanol–water partition coefficient (Wildman–Crippen LogP) is -0.242. The number of imide groups is 1. The summed E-state index contributed by atoms with van der Waals surface area (Å²) in [6.07, 6.45) is 3.44. The van der Waals surface area contributed by atoms with E-state index >= 15 is 0 Å². The zero-order valence-corrected chi connectivity index (χ0v) is 9.33. The number of carbonyl (C=O) groups is 2. The van der Waals surface area contributed by atoms with E-state index in [1.807, 2.05) is 0 Å². The van der Waals surface area contributed by atoms with E-state index in [-0.39, 0.29) is 12.3 Å². The molecule has 1 aliphatic rings. The van der Waals surface area contributed by atoms with Gasteiger partial charge in [0.2, 0.25) is 5.91 Å². The summed E-state index contributed by atoms with van der Waals surface area (Å²) in [5.41, 5.74) is 6.63. The summed E-state index contributed by atoms with van der Waals surface area (Å²) in [5.74, 6) is 0.0675. The Morgan fingerprint density at radius 1 is 1.39 bits per heavy atom. The van der Waals surface area contributed by atoms with Crippen LogP contribution in [0.4, 0.5) is 16.3 Å². The van der Waals surface area contributed by atoms with Gasteiger partial charge in [-0.1, -0.05) is 0 Å². The van der Waals surface area contributed by atoms with Gasteiger partial charge in [0.1, 0.15) is 11.5 Å². The van der Waals surface area contributed by atoms with Crippen molar-refractivity contribution in [1.82, 2.24) is 19.9 Å². The standard InChI is InChI=1S/C10H10N6O2/c11-7-1-4-16-9(13-7)6(5-12-16)15-3-2-8(17)14-10(15)18/h1,4-5H,2-3H2,(H2,11,13)(H,14,17,18). The molecule has 1 fully saturated rings. The van der Waals surface area contributed by atoms with E-state index in [9.17, 15) is 9.59 Å². The average Bonchev–Trinajstić information content (AvgIpc) is 2.72. The maximum atomic E-state index is 11.7. The van der Waals surface area contributed by atoms with Crippen LogP contribution in [0.1, 0.15) is 6.42 Å². The van der Waals surface area contributed by atoms with Crippen molar-refractivity contribution in [3.8, 4) is 0 Å². The maximum Gasteiger partial charge on any atom is 0.328 e. The molecule has 0 radical (unpaired) electrons. The van der Waals surface area contributed by atoms with Gasteiger partial charge < -0.3 is 5.73 Å². The highest BCUT2D eigenvalue weighted by Gasteiger charge is 2.26. The number of nitrogens with two attached hydrogens (primary N) is 1. The lowest BCUT2D eigenvalue weighted by molar-refractivity contribution is -0.120. The van der Waals surface area contributed by atoms with Crippen molar-refractivity contribution in [3.63, 3.8) is 0 Å². The second-order valence-corrected chi connectivity index (χ2v) is 3.91. The third-order valence-electron chi connectivity index (χ3n) is 2.72. The first-order valence-electron chi connectivity index (χ1n) is 5.36. The molecule has 1 saturated heterocycles. The summed E-state index contributed by atoms with van der Waals surface area (Å²) >= 11 is 0. The number of nitrogens with zero attached hydrogens (tertiary/aromatic N) is 4.